The summed E-state index contributed by atoms with van der Waals surface area (Å²) in [7, 11) is 0. The SMILES string of the molecule is CC(C)(C)CCN1CCC2(CC1)CC2NC(=O)c1cccc(-c2ccccc2)c1. The van der Waals surface area contributed by atoms with Gasteiger partial charge in [-0.15, -0.1) is 0 Å². The van der Waals surface area contributed by atoms with Gasteiger partial charge in [-0.25, -0.2) is 0 Å². The molecule has 4 rings (SSSR count). The quantitative estimate of drug-likeness (QED) is 0.744. The Morgan fingerprint density at radius 1 is 1.03 bits per heavy atom. The van der Waals surface area contributed by atoms with E-state index in [0.717, 1.165) is 23.1 Å². The number of hydrogen-bond acceptors (Lipinski definition) is 2. The molecular formula is C26H34N2O. The number of nitrogens with zero attached hydrogens (tertiary/aromatic N) is 1. The van der Waals surface area contributed by atoms with Crippen molar-refractivity contribution in [1.82, 2.24) is 10.2 Å². The molecule has 1 aliphatic carbocycles. The molecule has 1 saturated heterocycles. The average Bonchev–Trinajstić information content (AvgIpc) is 3.38. The number of piperidine rings is 1. The van der Waals surface area contributed by atoms with Crippen LogP contribution in [0.15, 0.2) is 54.6 Å². The molecule has 0 aromatic heterocycles. The molecule has 1 N–H and O–H groups in total. The number of carbonyl (C=O) groups is 1. The second-order valence-corrected chi connectivity index (χ2v) is 10.2. The standard InChI is InChI=1S/C26H34N2O/c1-25(2,3)12-15-28-16-13-26(14-17-28)19-23(26)27-24(29)22-11-7-10-21(18-22)20-8-5-4-6-9-20/h4-11,18,23H,12-17,19H2,1-3H3,(H,27,29). The number of carbonyl (C=O) groups excluding carboxylic acids is 1. The second kappa shape index (κ2) is 7.95. The van der Waals surface area contributed by atoms with Crippen molar-refractivity contribution in [3.05, 3.63) is 60.2 Å². The molecule has 1 aliphatic heterocycles. The lowest BCUT2D eigenvalue weighted by Gasteiger charge is -2.34. The first kappa shape index (κ1) is 20.2. The van der Waals surface area contributed by atoms with E-state index in [-0.39, 0.29) is 5.91 Å². The average molecular weight is 391 g/mol. The van der Waals surface area contributed by atoms with Gasteiger partial charge in [-0.3, -0.25) is 4.79 Å². The van der Waals surface area contributed by atoms with Gasteiger partial charge in [0.15, 0.2) is 0 Å². The van der Waals surface area contributed by atoms with Crippen molar-refractivity contribution >= 4 is 5.91 Å². The zero-order chi connectivity index (χ0) is 20.5. The highest BCUT2D eigenvalue weighted by atomic mass is 16.1. The highest BCUT2D eigenvalue weighted by Gasteiger charge is 2.55. The molecule has 2 aliphatic rings. The minimum Gasteiger partial charge on any atom is -0.349 e. The Morgan fingerprint density at radius 3 is 2.41 bits per heavy atom. The summed E-state index contributed by atoms with van der Waals surface area (Å²) >= 11 is 0. The lowest BCUT2D eigenvalue weighted by molar-refractivity contribution is 0.0932. The molecule has 2 aromatic rings. The Kier molecular flexibility index (Phi) is 5.52. The van der Waals surface area contributed by atoms with Crippen molar-refractivity contribution in [2.24, 2.45) is 10.8 Å². The topological polar surface area (TPSA) is 32.3 Å². The minimum atomic E-state index is 0.0693. The lowest BCUT2D eigenvalue weighted by atomic mass is 9.89. The van der Waals surface area contributed by atoms with Gasteiger partial charge in [0.25, 0.3) is 5.91 Å². The number of rotatable bonds is 5. The van der Waals surface area contributed by atoms with E-state index >= 15 is 0 Å². The van der Waals surface area contributed by atoms with Crippen LogP contribution in [0.4, 0.5) is 0 Å². The molecule has 1 heterocycles. The van der Waals surface area contributed by atoms with Crippen molar-refractivity contribution in [2.75, 3.05) is 19.6 Å². The monoisotopic (exact) mass is 390 g/mol. The molecule has 1 spiro atoms. The van der Waals surface area contributed by atoms with Crippen LogP contribution < -0.4 is 5.32 Å². The second-order valence-electron chi connectivity index (χ2n) is 10.2. The molecule has 2 aromatic carbocycles. The maximum absolute atomic E-state index is 12.9. The summed E-state index contributed by atoms with van der Waals surface area (Å²) in [5.74, 6) is 0.0693. The largest absolute Gasteiger partial charge is 0.349 e. The van der Waals surface area contributed by atoms with Crippen LogP contribution in [0, 0.1) is 10.8 Å². The van der Waals surface area contributed by atoms with Gasteiger partial charge in [-0.1, -0.05) is 63.2 Å². The predicted molar refractivity (Wildman–Crippen MR) is 120 cm³/mol. The molecule has 1 unspecified atom stereocenters. The fraction of sp³-hybridized carbons (Fsp3) is 0.500. The Bertz CT molecular complexity index is 845. The van der Waals surface area contributed by atoms with E-state index < -0.39 is 0 Å². The first-order chi connectivity index (χ1) is 13.8. The van der Waals surface area contributed by atoms with Crippen LogP contribution >= 0.6 is 0 Å². The highest BCUT2D eigenvalue weighted by molar-refractivity contribution is 5.96. The van der Waals surface area contributed by atoms with E-state index in [0.29, 0.717) is 16.9 Å². The summed E-state index contributed by atoms with van der Waals surface area (Å²) in [4.78, 5) is 15.5. The highest BCUT2D eigenvalue weighted by Crippen LogP contribution is 2.54. The van der Waals surface area contributed by atoms with Gasteiger partial charge < -0.3 is 10.2 Å². The first-order valence-electron chi connectivity index (χ1n) is 11.0. The summed E-state index contributed by atoms with van der Waals surface area (Å²) in [6, 6.07) is 18.6. The number of benzene rings is 2. The van der Waals surface area contributed by atoms with E-state index in [2.05, 4.69) is 49.2 Å². The predicted octanol–water partition coefficient (Wildman–Crippen LogP) is 5.37. The molecule has 0 bridgehead atoms. The van der Waals surface area contributed by atoms with Crippen LogP contribution in [0.25, 0.3) is 11.1 Å². The summed E-state index contributed by atoms with van der Waals surface area (Å²) in [6.07, 6.45) is 4.82. The number of nitrogens with one attached hydrogen (secondary N) is 1. The van der Waals surface area contributed by atoms with Crippen LogP contribution in [0.5, 0.6) is 0 Å². The Labute approximate surface area is 175 Å². The molecule has 29 heavy (non-hydrogen) atoms. The third-order valence-electron chi connectivity index (χ3n) is 6.76. The summed E-state index contributed by atoms with van der Waals surface area (Å²) in [5.41, 5.74) is 3.75. The van der Waals surface area contributed by atoms with Crippen molar-refractivity contribution in [3.8, 4) is 11.1 Å². The van der Waals surface area contributed by atoms with Gasteiger partial charge in [0.1, 0.15) is 0 Å². The van der Waals surface area contributed by atoms with Gasteiger partial charge in [0.2, 0.25) is 0 Å². The van der Waals surface area contributed by atoms with E-state index in [1.54, 1.807) is 0 Å². The zero-order valence-corrected chi connectivity index (χ0v) is 18.1. The summed E-state index contributed by atoms with van der Waals surface area (Å²) < 4.78 is 0. The maximum atomic E-state index is 12.9. The zero-order valence-electron chi connectivity index (χ0n) is 18.1. The molecule has 0 radical (unpaired) electrons. The summed E-state index contributed by atoms with van der Waals surface area (Å²) in [5, 5.41) is 3.32. The van der Waals surface area contributed by atoms with Crippen LogP contribution in [0.2, 0.25) is 0 Å². The molecule has 1 atom stereocenters. The maximum Gasteiger partial charge on any atom is 0.251 e. The van der Waals surface area contributed by atoms with E-state index in [1.807, 2.05) is 36.4 Å². The Morgan fingerprint density at radius 2 is 1.72 bits per heavy atom. The van der Waals surface area contributed by atoms with Crippen LogP contribution in [0.3, 0.4) is 0 Å². The number of likely N-dealkylation sites (tertiary alicyclic amines) is 1. The van der Waals surface area contributed by atoms with Crippen molar-refractivity contribution in [2.45, 2.75) is 52.5 Å². The fourth-order valence-corrected chi connectivity index (χ4v) is 4.53. The van der Waals surface area contributed by atoms with Crippen LogP contribution in [-0.2, 0) is 0 Å². The molecule has 3 heteroatoms. The molecule has 154 valence electrons. The molecule has 1 amide bonds. The van der Waals surface area contributed by atoms with E-state index in [4.69, 9.17) is 0 Å². The molecule has 1 saturated carbocycles. The lowest BCUT2D eigenvalue weighted by Crippen LogP contribution is -2.39. The molecular weight excluding hydrogens is 356 g/mol. The van der Waals surface area contributed by atoms with Gasteiger partial charge in [0, 0.05) is 11.6 Å². The normalized spacial score (nSPS) is 21.1. The third kappa shape index (κ3) is 4.90. The van der Waals surface area contributed by atoms with Crippen molar-refractivity contribution in [3.63, 3.8) is 0 Å². The number of hydrogen-bond donors (Lipinski definition) is 1. The smallest absolute Gasteiger partial charge is 0.251 e. The van der Waals surface area contributed by atoms with Crippen LogP contribution in [0.1, 0.15) is 56.8 Å². The van der Waals surface area contributed by atoms with Gasteiger partial charge in [0.05, 0.1) is 0 Å². The third-order valence-corrected chi connectivity index (χ3v) is 6.76. The van der Waals surface area contributed by atoms with Gasteiger partial charge in [-0.05, 0) is 79.4 Å². The Hall–Kier alpha value is -2.13. The first-order valence-corrected chi connectivity index (χ1v) is 11.0. The van der Waals surface area contributed by atoms with Crippen molar-refractivity contribution < 1.29 is 4.79 Å². The summed E-state index contributed by atoms with van der Waals surface area (Å²) in [6.45, 7) is 10.5. The van der Waals surface area contributed by atoms with Crippen LogP contribution in [-0.4, -0.2) is 36.5 Å². The molecule has 3 nitrogen and oxygen atoms in total. The number of amides is 1. The fourth-order valence-electron chi connectivity index (χ4n) is 4.53. The van der Waals surface area contributed by atoms with Gasteiger partial charge in [-0.2, -0.15) is 0 Å². The van der Waals surface area contributed by atoms with E-state index in [1.165, 1.54) is 38.9 Å². The Balaban J connectivity index is 1.31. The van der Waals surface area contributed by atoms with Gasteiger partial charge >= 0.3 is 0 Å². The minimum absolute atomic E-state index is 0.0693. The van der Waals surface area contributed by atoms with E-state index in [9.17, 15) is 4.79 Å². The van der Waals surface area contributed by atoms with Crippen molar-refractivity contribution in [1.29, 1.82) is 0 Å². The molecule has 2 fully saturated rings.